The molecule has 3 aliphatic rings. The van der Waals surface area contributed by atoms with Crippen LogP contribution in [0.1, 0.15) is 41.7 Å². The SMILES string of the molecule is CCOS(=O)(=O)C[C@]1(O[C@H]2[C@@H](O)[C@@H](COCc3ccccc3)O[C@@H](OCCO[C@@H]3O[C@@H](C)[C@@H](OCc4ccccc4)[C@@H](OCc4ccccc4)[C@@H]3OCc3ccccc3)[C@@H]2OCc2ccccc2)O[C@H](COC)[C@@H](OC)[C@H](OC)[C@H]1OC. The Bertz CT molecular complexity index is 2670. The van der Waals surface area contributed by atoms with E-state index in [1.807, 2.05) is 159 Å². The van der Waals surface area contributed by atoms with Crippen molar-refractivity contribution in [3.8, 4) is 0 Å². The number of rotatable bonds is 32. The first kappa shape index (κ1) is 63.4. The lowest BCUT2D eigenvalue weighted by Gasteiger charge is -2.54. The topological polar surface area (TPSA) is 202 Å². The number of aliphatic hydroxyl groups is 1. The first-order valence-electron chi connectivity index (χ1n) is 27.7. The zero-order valence-corrected chi connectivity index (χ0v) is 48.3. The molecule has 8 rings (SSSR count). The standard InChI is InChI=1S/C62H80O19S/c1-7-77-82(64,65)42-62(59(69-6)56(68-5)53(67-4)50(80-62)40-66-3)81-54-51(63)49(41-70-35-44-23-13-8-14-24-44)79-61(57(54)75-38-47-29-19-11-20-30-47)72-34-33-71-60-58(76-39-48-31-21-12-22-32-48)55(74-37-46-27-17-10-18-28-46)52(43(2)78-60)73-36-45-25-15-9-16-26-45/h8-32,43,49-61,63H,7,33-42H2,1-6H3/t43-,49+,50+,51-,52+,53+,54-,55+,56-,57+,58-,59+,60+,61+,62+/m0/s1. The van der Waals surface area contributed by atoms with Crippen LogP contribution in [0.3, 0.4) is 0 Å². The quantitative estimate of drug-likeness (QED) is 0.0342. The van der Waals surface area contributed by atoms with Gasteiger partial charge in [0.05, 0.1) is 72.2 Å². The molecular formula is C62H80O19S. The van der Waals surface area contributed by atoms with Gasteiger partial charge in [0.1, 0.15) is 72.9 Å². The van der Waals surface area contributed by atoms with Crippen molar-refractivity contribution in [1.82, 2.24) is 0 Å². The van der Waals surface area contributed by atoms with E-state index in [9.17, 15) is 13.5 Å². The maximum Gasteiger partial charge on any atom is 0.272 e. The number of methoxy groups -OCH3 is 4. The minimum Gasteiger partial charge on any atom is -0.387 e. The molecule has 3 aliphatic heterocycles. The van der Waals surface area contributed by atoms with E-state index in [1.165, 1.54) is 28.4 Å². The van der Waals surface area contributed by atoms with Crippen LogP contribution in [0.2, 0.25) is 0 Å². The van der Waals surface area contributed by atoms with Crippen molar-refractivity contribution in [1.29, 1.82) is 0 Å². The molecule has 15 atom stereocenters. The third-order valence-corrected chi connectivity index (χ3v) is 15.8. The lowest BCUT2D eigenvalue weighted by Crippen LogP contribution is -2.72. The molecule has 0 radical (unpaired) electrons. The van der Waals surface area contributed by atoms with Crippen molar-refractivity contribution in [2.75, 3.05) is 67.2 Å². The maximum absolute atomic E-state index is 14.0. The summed E-state index contributed by atoms with van der Waals surface area (Å²) in [5.41, 5.74) is 4.53. The minimum atomic E-state index is -4.47. The highest BCUT2D eigenvalue weighted by Crippen LogP contribution is 2.41. The molecule has 3 saturated heterocycles. The van der Waals surface area contributed by atoms with E-state index >= 15 is 0 Å². The van der Waals surface area contributed by atoms with Crippen molar-refractivity contribution in [3.63, 3.8) is 0 Å². The fourth-order valence-electron chi connectivity index (χ4n) is 10.6. The fraction of sp³-hybridized carbons (Fsp3) is 0.516. The van der Waals surface area contributed by atoms with Gasteiger partial charge >= 0.3 is 0 Å². The fourth-order valence-corrected chi connectivity index (χ4v) is 11.8. The van der Waals surface area contributed by atoms with E-state index in [-0.39, 0.29) is 59.5 Å². The smallest absolute Gasteiger partial charge is 0.272 e. The number of hydrogen-bond donors (Lipinski definition) is 1. The molecule has 82 heavy (non-hydrogen) atoms. The van der Waals surface area contributed by atoms with Gasteiger partial charge in [-0.1, -0.05) is 152 Å². The normalized spacial score (nSPS) is 29.6. The van der Waals surface area contributed by atoms with Gasteiger partial charge in [-0.15, -0.1) is 0 Å². The first-order valence-corrected chi connectivity index (χ1v) is 29.3. The number of aliphatic hydroxyl groups excluding tert-OH is 1. The zero-order valence-electron chi connectivity index (χ0n) is 47.5. The minimum absolute atomic E-state index is 0.0172. The molecule has 1 N–H and O–H groups in total. The molecule has 3 heterocycles. The van der Waals surface area contributed by atoms with Gasteiger partial charge in [0.25, 0.3) is 10.1 Å². The average molecular weight is 1160 g/mol. The Hall–Kier alpha value is -4.63. The van der Waals surface area contributed by atoms with Crippen LogP contribution in [0.5, 0.6) is 0 Å². The number of hydrogen-bond acceptors (Lipinski definition) is 19. The van der Waals surface area contributed by atoms with E-state index in [2.05, 4.69) is 0 Å². The zero-order chi connectivity index (χ0) is 57.7. The van der Waals surface area contributed by atoms with Gasteiger partial charge in [-0.3, -0.25) is 4.18 Å². The molecule has 19 nitrogen and oxygen atoms in total. The molecule has 0 unspecified atom stereocenters. The van der Waals surface area contributed by atoms with Crippen molar-refractivity contribution < 1.29 is 88.8 Å². The highest BCUT2D eigenvalue weighted by Gasteiger charge is 2.62. The molecule has 0 spiro atoms. The van der Waals surface area contributed by atoms with Crippen molar-refractivity contribution >= 4 is 10.1 Å². The van der Waals surface area contributed by atoms with Crippen molar-refractivity contribution in [2.24, 2.45) is 0 Å². The van der Waals surface area contributed by atoms with Gasteiger partial charge in [0.15, 0.2) is 12.6 Å². The summed E-state index contributed by atoms with van der Waals surface area (Å²) in [5, 5.41) is 12.7. The summed E-state index contributed by atoms with van der Waals surface area (Å²) in [6.45, 7) is 3.77. The predicted octanol–water partition coefficient (Wildman–Crippen LogP) is 6.95. The molecule has 0 amide bonds. The van der Waals surface area contributed by atoms with E-state index in [4.69, 9.17) is 75.2 Å². The average Bonchev–Trinajstić information content (AvgIpc) is 3.57. The molecule has 5 aromatic carbocycles. The molecule has 3 fully saturated rings. The Morgan fingerprint density at radius 1 is 0.488 bits per heavy atom. The lowest BCUT2D eigenvalue weighted by atomic mass is 9.91. The monoisotopic (exact) mass is 1160 g/mol. The van der Waals surface area contributed by atoms with Crippen molar-refractivity contribution in [3.05, 3.63) is 179 Å². The summed E-state index contributed by atoms with van der Waals surface area (Å²) in [4.78, 5) is 0. The van der Waals surface area contributed by atoms with Crippen LogP contribution in [-0.2, 0) is 118 Å². The summed E-state index contributed by atoms with van der Waals surface area (Å²) in [7, 11) is 1.27. The van der Waals surface area contributed by atoms with E-state index < -0.39 is 107 Å². The largest absolute Gasteiger partial charge is 0.387 e. The second kappa shape index (κ2) is 32.0. The molecule has 5 aromatic rings. The molecule has 20 heteroatoms. The van der Waals surface area contributed by atoms with Gasteiger partial charge < -0.3 is 76.2 Å². The third kappa shape index (κ3) is 17.3. The Labute approximate surface area is 482 Å². The summed E-state index contributed by atoms with van der Waals surface area (Å²) in [6, 6.07) is 48.4. The molecule has 0 aromatic heterocycles. The van der Waals surface area contributed by atoms with Crippen LogP contribution in [-0.4, -0.2) is 172 Å². The summed E-state index contributed by atoms with van der Waals surface area (Å²) >= 11 is 0. The first-order chi connectivity index (χ1) is 40.0. The molecular weight excluding hydrogens is 1080 g/mol. The molecule has 448 valence electrons. The highest BCUT2D eigenvalue weighted by molar-refractivity contribution is 7.86. The number of benzene rings is 5. The third-order valence-electron chi connectivity index (χ3n) is 14.4. The number of ether oxygens (including phenoxy) is 15. The highest BCUT2D eigenvalue weighted by atomic mass is 32.2. The Balaban J connectivity index is 1.11. The lowest BCUT2D eigenvalue weighted by molar-refractivity contribution is -0.405. The summed E-state index contributed by atoms with van der Waals surface area (Å²) in [5.74, 6) is -3.21. The van der Waals surface area contributed by atoms with E-state index in [0.717, 1.165) is 27.8 Å². The Morgan fingerprint density at radius 2 is 0.927 bits per heavy atom. The summed E-state index contributed by atoms with van der Waals surface area (Å²) in [6.07, 6.45) is -14.6. The van der Waals surface area contributed by atoms with Gasteiger partial charge in [-0.25, -0.2) is 0 Å². The van der Waals surface area contributed by atoms with Gasteiger partial charge in [-0.05, 0) is 41.7 Å². The van der Waals surface area contributed by atoms with E-state index in [0.29, 0.717) is 6.61 Å². The molecule has 0 aliphatic carbocycles. The van der Waals surface area contributed by atoms with Gasteiger partial charge in [-0.2, -0.15) is 8.42 Å². The second-order valence-corrected chi connectivity index (χ2v) is 21.8. The van der Waals surface area contributed by atoms with Crippen LogP contribution < -0.4 is 0 Å². The van der Waals surface area contributed by atoms with Gasteiger partial charge in [0, 0.05) is 28.4 Å². The van der Waals surface area contributed by atoms with E-state index in [1.54, 1.807) is 6.92 Å². The van der Waals surface area contributed by atoms with Crippen molar-refractivity contribution in [2.45, 2.75) is 138 Å². The summed E-state index contributed by atoms with van der Waals surface area (Å²) < 4.78 is 131. The van der Waals surface area contributed by atoms with Gasteiger partial charge in [0.2, 0.25) is 5.79 Å². The van der Waals surface area contributed by atoms with Crippen LogP contribution in [0.15, 0.2) is 152 Å². The second-order valence-electron chi connectivity index (χ2n) is 20.2. The Morgan fingerprint density at radius 3 is 1.38 bits per heavy atom. The van der Waals surface area contributed by atoms with Crippen LogP contribution in [0, 0.1) is 0 Å². The van der Waals surface area contributed by atoms with Crippen LogP contribution in [0.4, 0.5) is 0 Å². The Kier molecular flexibility index (Phi) is 24.8. The van der Waals surface area contributed by atoms with Crippen LogP contribution in [0.25, 0.3) is 0 Å². The molecule has 0 saturated carbocycles. The predicted molar refractivity (Wildman–Crippen MR) is 299 cm³/mol. The molecule has 0 bridgehead atoms. The van der Waals surface area contributed by atoms with Crippen LogP contribution >= 0.6 is 0 Å². The maximum atomic E-state index is 14.0.